The van der Waals surface area contributed by atoms with Crippen LogP contribution in [0.1, 0.15) is 6.92 Å². The van der Waals surface area contributed by atoms with E-state index < -0.39 is 0 Å². The van der Waals surface area contributed by atoms with Crippen LogP contribution in [0.3, 0.4) is 0 Å². The number of rotatable bonds is 7. The van der Waals surface area contributed by atoms with Crippen molar-refractivity contribution in [1.82, 2.24) is 24.7 Å². The summed E-state index contributed by atoms with van der Waals surface area (Å²) in [5, 5.41) is 6.93. The zero-order valence-corrected chi connectivity index (χ0v) is 10.9. The maximum atomic E-state index is 5.42. The van der Waals surface area contributed by atoms with Crippen molar-refractivity contribution in [2.45, 2.75) is 6.92 Å². The van der Waals surface area contributed by atoms with Gasteiger partial charge >= 0.3 is 6.01 Å². The SMILES string of the molecule is CCOCCOc1nc(NC)nc(-n2cccn2)n1. The van der Waals surface area contributed by atoms with Crippen LogP contribution in [0.25, 0.3) is 5.95 Å². The van der Waals surface area contributed by atoms with Crippen molar-refractivity contribution in [1.29, 1.82) is 0 Å². The third kappa shape index (κ3) is 3.62. The van der Waals surface area contributed by atoms with E-state index in [2.05, 4.69) is 25.4 Å². The van der Waals surface area contributed by atoms with Crippen molar-refractivity contribution < 1.29 is 9.47 Å². The molecule has 102 valence electrons. The molecule has 0 radical (unpaired) electrons. The van der Waals surface area contributed by atoms with Gasteiger partial charge in [0.05, 0.1) is 6.61 Å². The monoisotopic (exact) mass is 264 g/mol. The minimum absolute atomic E-state index is 0.240. The average molecular weight is 264 g/mol. The van der Waals surface area contributed by atoms with Crippen molar-refractivity contribution >= 4 is 5.95 Å². The Balaban J connectivity index is 2.12. The summed E-state index contributed by atoms with van der Waals surface area (Å²) in [6.45, 7) is 3.46. The van der Waals surface area contributed by atoms with Gasteiger partial charge in [-0.3, -0.25) is 0 Å². The first-order valence-electron chi connectivity index (χ1n) is 5.98. The molecule has 1 N–H and O–H groups in total. The first-order chi connectivity index (χ1) is 9.33. The Morgan fingerprint density at radius 1 is 1.26 bits per heavy atom. The van der Waals surface area contributed by atoms with Gasteiger partial charge in [0.25, 0.3) is 5.95 Å². The molecule has 0 saturated carbocycles. The maximum Gasteiger partial charge on any atom is 0.323 e. The second-order valence-corrected chi connectivity index (χ2v) is 3.49. The van der Waals surface area contributed by atoms with Gasteiger partial charge in [0.1, 0.15) is 6.61 Å². The van der Waals surface area contributed by atoms with Crippen LogP contribution < -0.4 is 10.1 Å². The smallest absolute Gasteiger partial charge is 0.323 e. The first-order valence-corrected chi connectivity index (χ1v) is 5.98. The molecule has 0 fully saturated rings. The summed E-state index contributed by atoms with van der Waals surface area (Å²) in [7, 11) is 1.73. The molecule has 8 heteroatoms. The van der Waals surface area contributed by atoms with E-state index in [0.29, 0.717) is 31.7 Å². The predicted octanol–water partition coefficient (Wildman–Crippen LogP) is 0.514. The highest BCUT2D eigenvalue weighted by Gasteiger charge is 2.08. The molecule has 0 bridgehead atoms. The van der Waals surface area contributed by atoms with E-state index in [1.807, 2.05) is 6.92 Å². The highest BCUT2D eigenvalue weighted by atomic mass is 16.5. The molecule has 2 heterocycles. The third-order valence-electron chi connectivity index (χ3n) is 2.20. The standard InChI is InChI=1S/C11H16N6O2/c1-3-18-7-8-19-11-15-9(12-2)14-10(16-11)17-6-4-5-13-17/h4-6H,3,7-8H2,1-2H3,(H,12,14,15,16). The van der Waals surface area contributed by atoms with Crippen molar-refractivity contribution in [3.05, 3.63) is 18.5 Å². The number of hydrogen-bond donors (Lipinski definition) is 1. The molecule has 19 heavy (non-hydrogen) atoms. The Bertz CT molecular complexity index is 502. The van der Waals surface area contributed by atoms with Gasteiger partial charge in [-0.15, -0.1) is 0 Å². The van der Waals surface area contributed by atoms with E-state index in [1.54, 1.807) is 25.5 Å². The summed E-state index contributed by atoms with van der Waals surface area (Å²) in [5.74, 6) is 0.822. The van der Waals surface area contributed by atoms with E-state index in [1.165, 1.54) is 4.68 Å². The summed E-state index contributed by atoms with van der Waals surface area (Å²) in [6, 6.07) is 2.03. The summed E-state index contributed by atoms with van der Waals surface area (Å²) < 4.78 is 12.1. The van der Waals surface area contributed by atoms with Gasteiger partial charge in [-0.2, -0.15) is 20.1 Å². The molecule has 0 atom stereocenters. The van der Waals surface area contributed by atoms with Crippen LogP contribution in [0.2, 0.25) is 0 Å². The van der Waals surface area contributed by atoms with Crippen LogP contribution in [-0.2, 0) is 4.74 Å². The summed E-state index contributed by atoms with van der Waals surface area (Å²) in [6.07, 6.45) is 3.40. The summed E-state index contributed by atoms with van der Waals surface area (Å²) >= 11 is 0. The average Bonchev–Trinajstić information content (AvgIpc) is 2.97. The van der Waals surface area contributed by atoms with Crippen LogP contribution in [0.5, 0.6) is 6.01 Å². The molecule has 2 aromatic heterocycles. The Morgan fingerprint density at radius 3 is 2.84 bits per heavy atom. The van der Waals surface area contributed by atoms with Gasteiger partial charge in [0.2, 0.25) is 5.95 Å². The third-order valence-corrected chi connectivity index (χ3v) is 2.20. The van der Waals surface area contributed by atoms with Crippen LogP contribution in [-0.4, -0.2) is 51.6 Å². The molecule has 0 amide bonds. The molecular weight excluding hydrogens is 248 g/mol. The number of hydrogen-bond acceptors (Lipinski definition) is 7. The van der Waals surface area contributed by atoms with Crippen LogP contribution >= 0.6 is 0 Å². The molecule has 2 rings (SSSR count). The largest absolute Gasteiger partial charge is 0.461 e. The Kier molecular flexibility index (Phi) is 4.62. The van der Waals surface area contributed by atoms with E-state index in [0.717, 1.165) is 0 Å². The minimum Gasteiger partial charge on any atom is -0.461 e. The molecule has 0 aliphatic carbocycles. The van der Waals surface area contributed by atoms with Gasteiger partial charge in [-0.1, -0.05) is 0 Å². The maximum absolute atomic E-state index is 5.42. The lowest BCUT2D eigenvalue weighted by Crippen LogP contribution is -2.12. The minimum atomic E-state index is 0.240. The highest BCUT2D eigenvalue weighted by Crippen LogP contribution is 2.09. The predicted molar refractivity (Wildman–Crippen MR) is 68.5 cm³/mol. The molecule has 0 saturated heterocycles. The van der Waals surface area contributed by atoms with E-state index in [9.17, 15) is 0 Å². The fraction of sp³-hybridized carbons (Fsp3) is 0.455. The van der Waals surface area contributed by atoms with Crippen LogP contribution in [0, 0.1) is 0 Å². The summed E-state index contributed by atoms with van der Waals surface area (Å²) in [5.41, 5.74) is 0. The fourth-order valence-electron chi connectivity index (χ4n) is 1.35. The van der Waals surface area contributed by atoms with Crippen molar-refractivity contribution in [3.8, 4) is 12.0 Å². The van der Waals surface area contributed by atoms with Crippen LogP contribution in [0.15, 0.2) is 18.5 Å². The number of nitrogens with zero attached hydrogens (tertiary/aromatic N) is 5. The highest BCUT2D eigenvalue weighted by molar-refractivity contribution is 5.28. The number of nitrogens with one attached hydrogen (secondary N) is 1. The van der Waals surface area contributed by atoms with Crippen molar-refractivity contribution in [2.75, 3.05) is 32.2 Å². The second-order valence-electron chi connectivity index (χ2n) is 3.49. The molecule has 0 aliphatic rings. The molecule has 0 aliphatic heterocycles. The number of ether oxygens (including phenoxy) is 2. The Hall–Kier alpha value is -2.22. The van der Waals surface area contributed by atoms with Crippen molar-refractivity contribution in [3.63, 3.8) is 0 Å². The Labute approximate surface area is 110 Å². The molecule has 8 nitrogen and oxygen atoms in total. The quantitative estimate of drug-likeness (QED) is 0.729. The Morgan fingerprint density at radius 2 is 2.16 bits per heavy atom. The van der Waals surface area contributed by atoms with Gasteiger partial charge in [-0.25, -0.2) is 4.68 Å². The zero-order chi connectivity index (χ0) is 13.5. The zero-order valence-electron chi connectivity index (χ0n) is 10.9. The number of anilines is 1. The van der Waals surface area contributed by atoms with E-state index in [-0.39, 0.29) is 6.01 Å². The second kappa shape index (κ2) is 6.64. The lowest BCUT2D eigenvalue weighted by atomic mass is 10.7. The van der Waals surface area contributed by atoms with Gasteiger partial charge < -0.3 is 14.8 Å². The summed E-state index contributed by atoms with van der Waals surface area (Å²) in [4.78, 5) is 12.5. The van der Waals surface area contributed by atoms with E-state index in [4.69, 9.17) is 9.47 Å². The topological polar surface area (TPSA) is 87.0 Å². The first kappa shape index (κ1) is 13.2. The van der Waals surface area contributed by atoms with E-state index >= 15 is 0 Å². The lowest BCUT2D eigenvalue weighted by Gasteiger charge is -2.07. The molecule has 0 unspecified atom stereocenters. The lowest BCUT2D eigenvalue weighted by molar-refractivity contribution is 0.106. The molecule has 0 spiro atoms. The fourth-order valence-corrected chi connectivity index (χ4v) is 1.35. The molecule has 0 aromatic carbocycles. The normalized spacial score (nSPS) is 10.4. The molecular formula is C11H16N6O2. The van der Waals surface area contributed by atoms with Crippen LogP contribution in [0.4, 0.5) is 5.95 Å². The van der Waals surface area contributed by atoms with Gasteiger partial charge in [-0.05, 0) is 13.0 Å². The van der Waals surface area contributed by atoms with Gasteiger partial charge in [0, 0.05) is 26.0 Å². The number of aromatic nitrogens is 5. The van der Waals surface area contributed by atoms with Gasteiger partial charge in [0.15, 0.2) is 0 Å². The van der Waals surface area contributed by atoms with Crippen molar-refractivity contribution in [2.24, 2.45) is 0 Å². The molecule has 2 aromatic rings.